The highest BCUT2D eigenvalue weighted by molar-refractivity contribution is 7.13. The van der Waals surface area contributed by atoms with Crippen molar-refractivity contribution in [2.24, 2.45) is 0 Å². The Bertz CT molecular complexity index is 1360. The lowest BCUT2D eigenvalue weighted by Gasteiger charge is -2.10. The van der Waals surface area contributed by atoms with Crippen LogP contribution in [0.25, 0.3) is 21.7 Å². The smallest absolute Gasteiger partial charge is 0.434 e. The van der Waals surface area contributed by atoms with Crippen molar-refractivity contribution < 1.29 is 22.3 Å². The first-order valence-corrected chi connectivity index (χ1v) is 10.3. The van der Waals surface area contributed by atoms with Crippen LogP contribution in [0.1, 0.15) is 22.6 Å². The lowest BCUT2D eigenvalue weighted by Crippen LogP contribution is -2.04. The van der Waals surface area contributed by atoms with Gasteiger partial charge in [0.1, 0.15) is 17.9 Å². The van der Waals surface area contributed by atoms with Crippen LogP contribution in [-0.4, -0.2) is 25.6 Å². The van der Waals surface area contributed by atoms with E-state index >= 15 is 0 Å². The highest BCUT2D eigenvalue weighted by Crippen LogP contribution is 2.36. The number of H-pyrrole nitrogens is 1. The number of ether oxygens (including phenoxy) is 1. The number of thiazole rings is 1. The Labute approximate surface area is 182 Å². The Hall–Kier alpha value is -3.73. The number of aromatic nitrogens is 5. The first-order valence-electron chi connectivity index (χ1n) is 9.44. The summed E-state index contributed by atoms with van der Waals surface area (Å²) in [5.74, 6) is 1.54. The fraction of sp³-hybridized carbons (Fsp3) is 0.143. The lowest BCUT2D eigenvalue weighted by molar-refractivity contribution is -0.140. The number of fused-ring (bicyclic) bond motifs is 1. The number of nitrogens with one attached hydrogen (secondary N) is 1. The molecule has 0 aliphatic rings. The van der Waals surface area contributed by atoms with Crippen molar-refractivity contribution in [2.45, 2.75) is 19.2 Å². The molecule has 5 rings (SSSR count). The van der Waals surface area contributed by atoms with Gasteiger partial charge in [0, 0.05) is 17.2 Å². The minimum absolute atomic E-state index is 0.173. The third kappa shape index (κ3) is 4.19. The molecule has 3 heterocycles. The average molecular weight is 457 g/mol. The molecule has 5 aromatic rings. The van der Waals surface area contributed by atoms with Gasteiger partial charge in [-0.15, -0.1) is 16.4 Å². The number of halogens is 3. The van der Waals surface area contributed by atoms with Crippen molar-refractivity contribution >= 4 is 22.3 Å². The van der Waals surface area contributed by atoms with Crippen molar-refractivity contribution in [3.05, 3.63) is 76.6 Å². The predicted octanol–water partition coefficient (Wildman–Crippen LogP) is 5.26. The number of nitrogens with zero attached hydrogens (tertiary/aromatic N) is 4. The monoisotopic (exact) mass is 457 g/mol. The first-order chi connectivity index (χ1) is 15.5. The van der Waals surface area contributed by atoms with Crippen LogP contribution in [0.2, 0.25) is 0 Å². The molecule has 0 amide bonds. The van der Waals surface area contributed by atoms with Crippen LogP contribution >= 0.6 is 11.3 Å². The van der Waals surface area contributed by atoms with Gasteiger partial charge in [0.2, 0.25) is 0 Å². The molecule has 0 saturated carbocycles. The maximum Gasteiger partial charge on any atom is 0.434 e. The summed E-state index contributed by atoms with van der Waals surface area (Å²) in [7, 11) is 0. The summed E-state index contributed by atoms with van der Waals surface area (Å²) < 4.78 is 50.1. The summed E-state index contributed by atoms with van der Waals surface area (Å²) in [5, 5.41) is 15.7. The molecule has 0 spiro atoms. The largest absolute Gasteiger partial charge is 0.489 e. The van der Waals surface area contributed by atoms with Gasteiger partial charge in [-0.2, -0.15) is 13.2 Å². The zero-order valence-corrected chi connectivity index (χ0v) is 17.1. The second-order valence-electron chi connectivity index (χ2n) is 6.93. The molecule has 0 fully saturated rings. The first kappa shape index (κ1) is 20.2. The van der Waals surface area contributed by atoms with E-state index < -0.39 is 11.9 Å². The number of rotatable bonds is 6. The van der Waals surface area contributed by atoms with Crippen molar-refractivity contribution in [3.63, 3.8) is 0 Å². The van der Waals surface area contributed by atoms with Crippen LogP contribution in [0.15, 0.2) is 58.3 Å². The van der Waals surface area contributed by atoms with Crippen molar-refractivity contribution in [1.82, 2.24) is 25.6 Å². The summed E-state index contributed by atoms with van der Waals surface area (Å²) in [6.07, 6.45) is -3.94. The van der Waals surface area contributed by atoms with Gasteiger partial charge < -0.3 is 9.15 Å². The normalized spacial score (nSPS) is 11.8. The van der Waals surface area contributed by atoms with Gasteiger partial charge in [0.25, 0.3) is 0 Å². The van der Waals surface area contributed by atoms with Gasteiger partial charge in [-0.25, -0.2) is 10.1 Å². The third-order valence-electron chi connectivity index (χ3n) is 4.75. The zero-order valence-electron chi connectivity index (χ0n) is 16.3. The molecule has 0 unspecified atom stereocenters. The highest BCUT2D eigenvalue weighted by Gasteiger charge is 2.34. The van der Waals surface area contributed by atoms with E-state index in [0.717, 1.165) is 27.8 Å². The van der Waals surface area contributed by atoms with Crippen LogP contribution in [0.4, 0.5) is 13.2 Å². The molecule has 7 nitrogen and oxygen atoms in total. The quantitative estimate of drug-likeness (QED) is 0.374. The molecule has 0 aliphatic heterocycles. The molecule has 0 radical (unpaired) electrons. The van der Waals surface area contributed by atoms with E-state index in [-0.39, 0.29) is 10.8 Å². The molecular formula is C21H14F3N5O2S. The molecule has 11 heteroatoms. The van der Waals surface area contributed by atoms with E-state index in [4.69, 9.17) is 9.15 Å². The van der Waals surface area contributed by atoms with Crippen molar-refractivity contribution in [1.29, 1.82) is 0 Å². The molecule has 2 aromatic carbocycles. The molecule has 0 atom stereocenters. The molecule has 162 valence electrons. The highest BCUT2D eigenvalue weighted by atomic mass is 32.1. The van der Waals surface area contributed by atoms with Gasteiger partial charge >= 0.3 is 6.18 Å². The molecule has 0 bridgehead atoms. The van der Waals surface area contributed by atoms with Crippen LogP contribution in [-0.2, 0) is 19.2 Å². The molecule has 3 aromatic heterocycles. The van der Waals surface area contributed by atoms with E-state index in [9.17, 15) is 13.2 Å². The van der Waals surface area contributed by atoms with Gasteiger partial charge in [-0.3, -0.25) is 0 Å². The summed E-state index contributed by atoms with van der Waals surface area (Å²) in [6, 6.07) is 14.7. The fourth-order valence-corrected chi connectivity index (χ4v) is 3.98. The zero-order chi connectivity index (χ0) is 22.1. The van der Waals surface area contributed by atoms with Crippen LogP contribution in [0.3, 0.4) is 0 Å². The summed E-state index contributed by atoms with van der Waals surface area (Å²) in [5.41, 5.74) is 1.62. The Morgan fingerprint density at radius 1 is 1.06 bits per heavy atom. The summed E-state index contributed by atoms with van der Waals surface area (Å²) >= 11 is 0.887. The molecule has 0 saturated heterocycles. The molecule has 0 aliphatic carbocycles. The maximum atomic E-state index is 12.8. The van der Waals surface area contributed by atoms with Crippen molar-refractivity contribution in [3.8, 4) is 16.5 Å². The minimum Gasteiger partial charge on any atom is -0.489 e. The molecule has 32 heavy (non-hydrogen) atoms. The Morgan fingerprint density at radius 3 is 2.66 bits per heavy atom. The lowest BCUT2D eigenvalue weighted by atomic mass is 10.1. The molecule has 1 N–H and O–H groups in total. The van der Waals surface area contributed by atoms with Crippen molar-refractivity contribution in [2.75, 3.05) is 0 Å². The number of tetrazole rings is 1. The van der Waals surface area contributed by atoms with E-state index in [1.165, 1.54) is 0 Å². The van der Waals surface area contributed by atoms with E-state index in [1.807, 2.05) is 24.3 Å². The van der Waals surface area contributed by atoms with Crippen LogP contribution in [0.5, 0.6) is 5.75 Å². The number of benzene rings is 2. The third-order valence-corrected chi connectivity index (χ3v) is 5.61. The minimum atomic E-state index is -4.48. The van der Waals surface area contributed by atoms with Gasteiger partial charge in [0.05, 0.1) is 0 Å². The Balaban J connectivity index is 1.34. The topological polar surface area (TPSA) is 89.7 Å². The standard InChI is InChI=1S/C21H14F3N5O2S/c22-21(23,24)18-11-32-20(25-18)17-8-14-7-15(5-6-16(14)31-17)30-10-13-4-2-1-3-12(13)9-19-26-28-29-27-19/h1-8,11H,9-10H2,(H,26,27,28,29). The number of furan rings is 1. The van der Waals surface area contributed by atoms with Gasteiger partial charge in [0.15, 0.2) is 22.3 Å². The van der Waals surface area contributed by atoms with E-state index in [2.05, 4.69) is 25.6 Å². The van der Waals surface area contributed by atoms with Crippen LogP contribution < -0.4 is 4.74 Å². The van der Waals surface area contributed by atoms with Crippen LogP contribution in [0, 0.1) is 0 Å². The molecular weight excluding hydrogens is 443 g/mol. The maximum absolute atomic E-state index is 12.8. The number of alkyl halides is 3. The van der Waals surface area contributed by atoms with E-state index in [1.54, 1.807) is 24.3 Å². The van der Waals surface area contributed by atoms with Gasteiger partial charge in [-0.05, 0) is 45.8 Å². The second kappa shape index (κ2) is 8.08. The Kier molecular flexibility index (Phi) is 5.10. The van der Waals surface area contributed by atoms with E-state index in [0.29, 0.717) is 35.6 Å². The average Bonchev–Trinajstić information content (AvgIpc) is 3.52. The summed E-state index contributed by atoms with van der Waals surface area (Å²) in [6.45, 7) is 0.329. The fourth-order valence-electron chi connectivity index (χ4n) is 3.20. The Morgan fingerprint density at radius 2 is 1.91 bits per heavy atom. The van der Waals surface area contributed by atoms with Gasteiger partial charge in [-0.1, -0.05) is 24.3 Å². The number of hydrogen-bond donors (Lipinski definition) is 1. The summed E-state index contributed by atoms with van der Waals surface area (Å²) in [4.78, 5) is 3.64. The second-order valence-corrected chi connectivity index (χ2v) is 7.79. The SMILES string of the molecule is FC(F)(F)c1csc(-c2cc3cc(OCc4ccccc4Cc4nnn[nH]4)ccc3o2)n1. The number of hydrogen-bond acceptors (Lipinski definition) is 7. The number of aromatic amines is 1. The predicted molar refractivity (Wildman–Crippen MR) is 110 cm³/mol.